The molecule has 126 valence electrons. The average Bonchev–Trinajstić information content (AvgIpc) is 2.68. The zero-order valence-corrected chi connectivity index (χ0v) is 13.2. The summed E-state index contributed by atoms with van der Waals surface area (Å²) in [5.74, 6) is 1.02. The quantitative estimate of drug-likeness (QED) is 0.680. The molecule has 0 unspecified atom stereocenters. The van der Waals surface area contributed by atoms with E-state index in [2.05, 4.69) is 41.0 Å². The van der Waals surface area contributed by atoms with E-state index < -0.39 is 0 Å². The van der Waals surface area contributed by atoms with Crippen LogP contribution < -0.4 is 16.0 Å². The van der Waals surface area contributed by atoms with Crippen LogP contribution in [0.1, 0.15) is 5.69 Å². The third kappa shape index (κ3) is 4.35. The second-order valence-corrected chi connectivity index (χ2v) is 5.18. The van der Waals surface area contributed by atoms with Crippen molar-refractivity contribution in [2.45, 2.75) is 6.10 Å². The molecule has 0 spiro atoms. The van der Waals surface area contributed by atoms with Crippen molar-refractivity contribution in [2.24, 2.45) is 0 Å². The maximum atomic E-state index is 8.73. The van der Waals surface area contributed by atoms with Gasteiger partial charge in [0.15, 0.2) is 11.5 Å². The van der Waals surface area contributed by atoms with Gasteiger partial charge in [0.2, 0.25) is 0 Å². The lowest BCUT2D eigenvalue weighted by molar-refractivity contribution is 0.0372. The number of nitriles is 1. The van der Waals surface area contributed by atoms with Crippen LogP contribution in [0.2, 0.25) is 0 Å². The Morgan fingerprint density at radius 3 is 2.96 bits per heavy atom. The lowest BCUT2D eigenvalue weighted by Crippen LogP contribution is -2.42. The summed E-state index contributed by atoms with van der Waals surface area (Å²) >= 11 is 0. The first-order valence-electron chi connectivity index (χ1n) is 7.59. The van der Waals surface area contributed by atoms with Crippen LogP contribution in [0.25, 0.3) is 4.85 Å². The molecule has 0 radical (unpaired) electrons. The van der Waals surface area contributed by atoms with Crippen LogP contribution in [0.3, 0.4) is 0 Å². The second kappa shape index (κ2) is 7.97. The first-order valence-corrected chi connectivity index (χ1v) is 7.59. The standard InChI is InChI=1S/C15H15N9O/c1-17-15-12(20-8-11-7-18-2-3-25-11)4-13(23-24-15)22-14-9-19-10(5-16)6-21-14/h4,6,9,11,18H,2-3,7-8H2,(H2,20,21,22,23)/t11-/m1/s1. The molecule has 2 aromatic heterocycles. The molecule has 1 atom stereocenters. The number of anilines is 3. The molecule has 0 saturated carbocycles. The molecular weight excluding hydrogens is 322 g/mol. The second-order valence-electron chi connectivity index (χ2n) is 5.18. The van der Waals surface area contributed by atoms with E-state index in [-0.39, 0.29) is 17.6 Å². The predicted molar refractivity (Wildman–Crippen MR) is 89.4 cm³/mol. The summed E-state index contributed by atoms with van der Waals surface area (Å²) in [6, 6.07) is 3.58. The van der Waals surface area contributed by atoms with Gasteiger partial charge in [0.05, 0.1) is 30.8 Å². The maximum absolute atomic E-state index is 8.73. The Kier molecular flexibility index (Phi) is 5.26. The lowest BCUT2D eigenvalue weighted by Gasteiger charge is -2.24. The number of hydrogen-bond acceptors (Lipinski definition) is 9. The van der Waals surface area contributed by atoms with Crippen molar-refractivity contribution >= 4 is 23.1 Å². The molecule has 0 amide bonds. The van der Waals surface area contributed by atoms with E-state index in [1.54, 1.807) is 6.07 Å². The number of nitrogens with zero attached hydrogens (tertiary/aromatic N) is 6. The monoisotopic (exact) mass is 337 g/mol. The predicted octanol–water partition coefficient (Wildman–Crippen LogP) is 0.833. The molecule has 3 rings (SSSR count). The molecule has 2 aromatic rings. The van der Waals surface area contributed by atoms with Gasteiger partial charge in [0.25, 0.3) is 0 Å². The van der Waals surface area contributed by atoms with Crippen LogP contribution in [0.4, 0.5) is 23.1 Å². The third-order valence-electron chi connectivity index (χ3n) is 3.43. The van der Waals surface area contributed by atoms with Crippen molar-refractivity contribution in [3.05, 3.63) is 35.6 Å². The van der Waals surface area contributed by atoms with Gasteiger partial charge in [-0.15, -0.1) is 0 Å². The van der Waals surface area contributed by atoms with E-state index >= 15 is 0 Å². The number of morpholine rings is 1. The highest BCUT2D eigenvalue weighted by molar-refractivity contribution is 5.69. The highest BCUT2D eigenvalue weighted by Crippen LogP contribution is 2.25. The fourth-order valence-electron chi connectivity index (χ4n) is 2.22. The van der Waals surface area contributed by atoms with Gasteiger partial charge in [-0.2, -0.15) is 5.26 Å². The minimum atomic E-state index is 0.0290. The molecule has 10 nitrogen and oxygen atoms in total. The van der Waals surface area contributed by atoms with Crippen LogP contribution in [0, 0.1) is 17.9 Å². The Bertz CT molecular complexity index is 803. The van der Waals surface area contributed by atoms with Crippen LogP contribution >= 0.6 is 0 Å². The summed E-state index contributed by atoms with van der Waals surface area (Å²) < 4.78 is 5.62. The van der Waals surface area contributed by atoms with Gasteiger partial charge in [0.1, 0.15) is 11.9 Å². The Morgan fingerprint density at radius 2 is 2.28 bits per heavy atom. The summed E-state index contributed by atoms with van der Waals surface area (Å²) in [5.41, 5.74) is 0.784. The number of ether oxygens (including phenoxy) is 1. The molecule has 1 aliphatic heterocycles. The molecule has 3 N–H and O–H groups in total. The molecule has 1 fully saturated rings. The molecule has 25 heavy (non-hydrogen) atoms. The number of nitrogens with one attached hydrogen (secondary N) is 3. The zero-order valence-electron chi connectivity index (χ0n) is 13.2. The van der Waals surface area contributed by atoms with Crippen molar-refractivity contribution in [1.82, 2.24) is 25.5 Å². The van der Waals surface area contributed by atoms with Crippen LogP contribution in [0.5, 0.6) is 0 Å². The number of rotatable bonds is 5. The van der Waals surface area contributed by atoms with Gasteiger partial charge in [-0.3, -0.25) is 0 Å². The zero-order chi connectivity index (χ0) is 17.5. The smallest absolute Gasteiger partial charge is 0.319 e. The molecule has 0 bridgehead atoms. The summed E-state index contributed by atoms with van der Waals surface area (Å²) in [7, 11) is 0. The highest BCUT2D eigenvalue weighted by atomic mass is 16.5. The Hall–Kier alpha value is -3.34. The van der Waals surface area contributed by atoms with Gasteiger partial charge >= 0.3 is 5.82 Å². The largest absolute Gasteiger partial charge is 0.389 e. The summed E-state index contributed by atoms with van der Waals surface area (Å²) in [6.45, 7) is 10.0. The van der Waals surface area contributed by atoms with E-state index in [4.69, 9.17) is 16.6 Å². The molecule has 1 saturated heterocycles. The summed E-state index contributed by atoms with van der Waals surface area (Å²) in [6.07, 6.45) is 2.81. The van der Waals surface area contributed by atoms with Crippen molar-refractivity contribution in [3.8, 4) is 6.07 Å². The van der Waals surface area contributed by atoms with Gasteiger partial charge in [0, 0.05) is 24.7 Å². The van der Waals surface area contributed by atoms with E-state index in [9.17, 15) is 0 Å². The summed E-state index contributed by atoms with van der Waals surface area (Å²) in [4.78, 5) is 11.4. The van der Waals surface area contributed by atoms with E-state index in [0.29, 0.717) is 30.5 Å². The Balaban J connectivity index is 1.70. The summed E-state index contributed by atoms with van der Waals surface area (Å²) in [5, 5.41) is 26.0. The molecular formula is C15H15N9O. The fourth-order valence-corrected chi connectivity index (χ4v) is 2.22. The molecule has 3 heterocycles. The number of aromatic nitrogens is 4. The number of hydrogen-bond donors (Lipinski definition) is 3. The highest BCUT2D eigenvalue weighted by Gasteiger charge is 2.15. The van der Waals surface area contributed by atoms with E-state index in [1.807, 2.05) is 6.07 Å². The van der Waals surface area contributed by atoms with Gasteiger partial charge in [-0.1, -0.05) is 6.57 Å². The average molecular weight is 337 g/mol. The van der Waals surface area contributed by atoms with Crippen LogP contribution in [0.15, 0.2) is 18.5 Å². The Labute approximate surface area is 144 Å². The molecule has 0 aromatic carbocycles. The van der Waals surface area contributed by atoms with E-state index in [0.717, 1.165) is 13.1 Å². The third-order valence-corrected chi connectivity index (χ3v) is 3.43. The maximum Gasteiger partial charge on any atom is 0.319 e. The minimum absolute atomic E-state index is 0.0290. The topological polar surface area (TPSA) is 125 Å². The molecule has 10 heteroatoms. The van der Waals surface area contributed by atoms with Crippen molar-refractivity contribution in [2.75, 3.05) is 36.9 Å². The fraction of sp³-hybridized carbons (Fsp3) is 0.333. The first kappa shape index (κ1) is 16.5. The van der Waals surface area contributed by atoms with Crippen molar-refractivity contribution in [1.29, 1.82) is 5.26 Å². The first-order chi connectivity index (χ1) is 12.3. The van der Waals surface area contributed by atoms with Crippen molar-refractivity contribution in [3.63, 3.8) is 0 Å². The van der Waals surface area contributed by atoms with Gasteiger partial charge < -0.3 is 25.5 Å². The van der Waals surface area contributed by atoms with Crippen LogP contribution in [-0.4, -0.2) is 52.5 Å². The molecule has 1 aliphatic rings. The van der Waals surface area contributed by atoms with Crippen molar-refractivity contribution < 1.29 is 4.74 Å². The lowest BCUT2D eigenvalue weighted by atomic mass is 10.3. The SMILES string of the molecule is [C-]#[N+]c1nnc(Nc2cnc(C#N)cn2)cc1NC[C@H]1CNCCO1. The van der Waals surface area contributed by atoms with Gasteiger partial charge in [-0.25, -0.2) is 9.97 Å². The molecule has 0 aliphatic carbocycles. The normalized spacial score (nSPS) is 16.5. The Morgan fingerprint density at radius 1 is 1.36 bits per heavy atom. The minimum Gasteiger partial charge on any atom is -0.389 e. The van der Waals surface area contributed by atoms with Gasteiger partial charge in [-0.05, 0) is 11.2 Å². The van der Waals surface area contributed by atoms with E-state index in [1.165, 1.54) is 12.4 Å². The van der Waals surface area contributed by atoms with Crippen LogP contribution in [-0.2, 0) is 4.74 Å².